The second kappa shape index (κ2) is 10.8. The lowest BCUT2D eigenvalue weighted by Crippen LogP contribution is -2.35. The standard InChI is InChI=1S/C27H32N2O6/c1-4-5-13-33-20-8-6-7-18(16-20)24-23(26(31)27(32)29(24)12-11-28(2)3)25(30)19-9-10-21-22(17-19)35-15-14-34-21/h6-10,16-17,24,30H,4-5,11-15H2,1-3H3/b25-23+. The van der Waals surface area contributed by atoms with Gasteiger partial charge in [-0.15, -0.1) is 0 Å². The Balaban J connectivity index is 1.77. The van der Waals surface area contributed by atoms with E-state index < -0.39 is 17.7 Å². The lowest BCUT2D eigenvalue weighted by molar-refractivity contribution is -0.140. The summed E-state index contributed by atoms with van der Waals surface area (Å²) >= 11 is 0. The van der Waals surface area contributed by atoms with E-state index >= 15 is 0 Å². The van der Waals surface area contributed by atoms with Crippen molar-refractivity contribution in [2.24, 2.45) is 0 Å². The van der Waals surface area contributed by atoms with Gasteiger partial charge in [0.1, 0.15) is 24.7 Å². The van der Waals surface area contributed by atoms with Crippen molar-refractivity contribution in [2.45, 2.75) is 25.8 Å². The van der Waals surface area contributed by atoms with Crippen LogP contribution in [0.25, 0.3) is 5.76 Å². The molecule has 0 saturated carbocycles. The molecule has 2 aliphatic heterocycles. The first-order chi connectivity index (χ1) is 16.9. The number of Topliss-reactive ketones (excluding diaryl/α,β-unsaturated/α-hetero) is 1. The number of hydrogen-bond acceptors (Lipinski definition) is 7. The lowest BCUT2D eigenvalue weighted by atomic mass is 9.95. The van der Waals surface area contributed by atoms with Crippen LogP contribution in [-0.4, -0.2) is 73.6 Å². The van der Waals surface area contributed by atoms with Crippen molar-refractivity contribution in [3.63, 3.8) is 0 Å². The van der Waals surface area contributed by atoms with Gasteiger partial charge in [0.25, 0.3) is 11.7 Å². The Hall–Kier alpha value is -3.52. The number of likely N-dealkylation sites (tertiary alicyclic amines) is 1. The minimum absolute atomic E-state index is 0.0520. The number of nitrogens with zero attached hydrogens (tertiary/aromatic N) is 2. The molecule has 2 aromatic carbocycles. The molecule has 0 spiro atoms. The molecule has 2 heterocycles. The SMILES string of the molecule is CCCCOc1cccc(C2/C(=C(\O)c3ccc4c(c3)OCCO4)C(=O)C(=O)N2CCN(C)C)c1. The van der Waals surface area contributed by atoms with Crippen molar-refractivity contribution >= 4 is 17.4 Å². The van der Waals surface area contributed by atoms with E-state index in [0.29, 0.717) is 61.3 Å². The summed E-state index contributed by atoms with van der Waals surface area (Å²) in [6.07, 6.45) is 1.94. The van der Waals surface area contributed by atoms with Gasteiger partial charge in [-0.05, 0) is 56.4 Å². The van der Waals surface area contributed by atoms with Crippen LogP contribution in [0, 0.1) is 0 Å². The van der Waals surface area contributed by atoms with Crippen LogP contribution in [-0.2, 0) is 9.59 Å². The van der Waals surface area contributed by atoms with Gasteiger partial charge in [0.05, 0.1) is 18.2 Å². The van der Waals surface area contributed by atoms with E-state index in [1.807, 2.05) is 43.3 Å². The third kappa shape index (κ3) is 5.27. The molecule has 35 heavy (non-hydrogen) atoms. The molecule has 4 rings (SSSR count). The number of amides is 1. The van der Waals surface area contributed by atoms with Crippen LogP contribution >= 0.6 is 0 Å². The van der Waals surface area contributed by atoms with E-state index in [1.54, 1.807) is 18.2 Å². The van der Waals surface area contributed by atoms with Gasteiger partial charge in [-0.2, -0.15) is 0 Å². The fourth-order valence-corrected chi connectivity index (χ4v) is 4.22. The number of ether oxygens (including phenoxy) is 3. The number of benzene rings is 2. The smallest absolute Gasteiger partial charge is 0.295 e. The van der Waals surface area contributed by atoms with E-state index in [0.717, 1.165) is 12.8 Å². The minimum Gasteiger partial charge on any atom is -0.507 e. The topological polar surface area (TPSA) is 88.5 Å². The van der Waals surface area contributed by atoms with Gasteiger partial charge in [0.2, 0.25) is 0 Å². The summed E-state index contributed by atoms with van der Waals surface area (Å²) in [6, 6.07) is 11.6. The predicted molar refractivity (Wildman–Crippen MR) is 132 cm³/mol. The number of fused-ring (bicyclic) bond motifs is 1. The van der Waals surface area contributed by atoms with Crippen molar-refractivity contribution in [1.82, 2.24) is 9.80 Å². The molecule has 1 saturated heterocycles. The maximum Gasteiger partial charge on any atom is 0.295 e. The minimum atomic E-state index is -0.738. The van der Waals surface area contributed by atoms with Crippen LogP contribution in [0.5, 0.6) is 17.2 Å². The summed E-state index contributed by atoms with van der Waals surface area (Å²) in [7, 11) is 3.81. The fourth-order valence-electron chi connectivity index (χ4n) is 4.22. The second-order valence-corrected chi connectivity index (χ2v) is 8.93. The van der Waals surface area contributed by atoms with E-state index in [4.69, 9.17) is 14.2 Å². The Bertz CT molecular complexity index is 1130. The molecule has 1 amide bonds. The zero-order valence-corrected chi connectivity index (χ0v) is 20.5. The third-order valence-electron chi connectivity index (χ3n) is 6.08. The van der Waals surface area contributed by atoms with E-state index in [9.17, 15) is 14.7 Å². The number of unbranched alkanes of at least 4 members (excludes halogenated alkanes) is 1. The second-order valence-electron chi connectivity index (χ2n) is 8.93. The average Bonchev–Trinajstić information content (AvgIpc) is 3.12. The highest BCUT2D eigenvalue weighted by atomic mass is 16.6. The summed E-state index contributed by atoms with van der Waals surface area (Å²) in [5.41, 5.74) is 1.15. The Morgan fingerprint density at radius 2 is 1.89 bits per heavy atom. The maximum absolute atomic E-state index is 13.2. The highest BCUT2D eigenvalue weighted by Gasteiger charge is 2.46. The molecule has 0 bridgehead atoms. The molecule has 2 aliphatic rings. The molecule has 8 heteroatoms. The Morgan fingerprint density at radius 3 is 2.63 bits per heavy atom. The maximum atomic E-state index is 13.2. The van der Waals surface area contributed by atoms with Crippen molar-refractivity contribution in [3.8, 4) is 17.2 Å². The first kappa shape index (κ1) is 24.6. The van der Waals surface area contributed by atoms with Crippen molar-refractivity contribution in [2.75, 3.05) is 47.0 Å². The van der Waals surface area contributed by atoms with Gasteiger partial charge in [-0.1, -0.05) is 25.5 Å². The normalized spacial score (nSPS) is 18.9. The monoisotopic (exact) mass is 480 g/mol. The molecule has 186 valence electrons. The van der Waals surface area contributed by atoms with Crippen molar-refractivity contribution < 1.29 is 28.9 Å². The summed E-state index contributed by atoms with van der Waals surface area (Å²) in [4.78, 5) is 29.8. The van der Waals surface area contributed by atoms with Gasteiger partial charge >= 0.3 is 0 Å². The van der Waals surface area contributed by atoms with Gasteiger partial charge < -0.3 is 29.1 Å². The molecule has 1 fully saturated rings. The molecule has 0 radical (unpaired) electrons. The number of carbonyl (C=O) groups is 2. The summed E-state index contributed by atoms with van der Waals surface area (Å²) in [6.45, 7) is 4.43. The van der Waals surface area contributed by atoms with Crippen LogP contribution in [0.3, 0.4) is 0 Å². The fraction of sp³-hybridized carbons (Fsp3) is 0.407. The van der Waals surface area contributed by atoms with Gasteiger partial charge in [-0.25, -0.2) is 0 Å². The molecule has 1 atom stereocenters. The Morgan fingerprint density at radius 1 is 1.11 bits per heavy atom. The van der Waals surface area contributed by atoms with Crippen molar-refractivity contribution in [1.29, 1.82) is 0 Å². The highest BCUT2D eigenvalue weighted by Crippen LogP contribution is 2.41. The third-order valence-corrected chi connectivity index (χ3v) is 6.08. The van der Waals surface area contributed by atoms with Gasteiger partial charge in [0.15, 0.2) is 11.5 Å². The average molecular weight is 481 g/mol. The number of aliphatic hydroxyl groups excluding tert-OH is 1. The number of rotatable bonds is 9. The first-order valence-corrected chi connectivity index (χ1v) is 12.0. The van der Waals surface area contributed by atoms with Crippen LogP contribution in [0.1, 0.15) is 36.9 Å². The Kier molecular flexibility index (Phi) is 7.60. The molecule has 0 aromatic heterocycles. The molecule has 1 N–H and O–H groups in total. The molecule has 0 aliphatic carbocycles. The Labute approximate surface area is 205 Å². The highest BCUT2D eigenvalue weighted by molar-refractivity contribution is 6.46. The van der Waals surface area contributed by atoms with Crippen LogP contribution < -0.4 is 14.2 Å². The summed E-state index contributed by atoms with van der Waals surface area (Å²) in [5.74, 6) is 0.146. The summed E-state index contributed by atoms with van der Waals surface area (Å²) < 4.78 is 17.1. The van der Waals surface area contributed by atoms with E-state index in [2.05, 4.69) is 6.92 Å². The quantitative estimate of drug-likeness (QED) is 0.254. The van der Waals surface area contributed by atoms with E-state index in [-0.39, 0.29) is 11.3 Å². The van der Waals surface area contributed by atoms with Gasteiger partial charge in [-0.3, -0.25) is 9.59 Å². The number of likely N-dealkylation sites (N-methyl/N-ethyl adjacent to an activating group) is 1. The van der Waals surface area contributed by atoms with Crippen LogP contribution in [0.15, 0.2) is 48.0 Å². The number of ketones is 1. The van der Waals surface area contributed by atoms with E-state index in [1.165, 1.54) is 4.90 Å². The number of hydrogen-bond donors (Lipinski definition) is 1. The first-order valence-electron chi connectivity index (χ1n) is 12.0. The van der Waals surface area contributed by atoms with Gasteiger partial charge in [0, 0.05) is 18.7 Å². The molecule has 2 aromatic rings. The molecule has 8 nitrogen and oxygen atoms in total. The zero-order chi connectivity index (χ0) is 24.9. The predicted octanol–water partition coefficient (Wildman–Crippen LogP) is 3.62. The largest absolute Gasteiger partial charge is 0.507 e. The number of aliphatic hydroxyl groups is 1. The van der Waals surface area contributed by atoms with Crippen molar-refractivity contribution in [3.05, 3.63) is 59.2 Å². The molecule has 1 unspecified atom stereocenters. The van der Waals surface area contributed by atoms with Crippen LogP contribution in [0.2, 0.25) is 0 Å². The zero-order valence-electron chi connectivity index (χ0n) is 20.5. The molecular weight excluding hydrogens is 448 g/mol. The molecular formula is C27H32N2O6. The van der Waals surface area contributed by atoms with Crippen LogP contribution in [0.4, 0.5) is 0 Å². The summed E-state index contributed by atoms with van der Waals surface area (Å²) in [5, 5.41) is 11.3. The number of carbonyl (C=O) groups excluding carboxylic acids is 2. The lowest BCUT2D eigenvalue weighted by Gasteiger charge is -2.27.